The summed E-state index contributed by atoms with van der Waals surface area (Å²) in [6, 6.07) is 6.35. The van der Waals surface area contributed by atoms with Gasteiger partial charge in [0.25, 0.3) is 0 Å². The van der Waals surface area contributed by atoms with E-state index in [-0.39, 0.29) is 5.48 Å². The predicted molar refractivity (Wildman–Crippen MR) is 54.3 cm³/mol. The van der Waals surface area contributed by atoms with Crippen LogP contribution >= 0.6 is 15.9 Å². The van der Waals surface area contributed by atoms with Gasteiger partial charge in [0.1, 0.15) is 0 Å². The van der Waals surface area contributed by atoms with Crippen molar-refractivity contribution in [2.24, 2.45) is 0 Å². The minimum atomic E-state index is 0. The number of fused-ring (bicyclic) bond motifs is 1. The Morgan fingerprint density at radius 3 is 2.83 bits per heavy atom. The molecule has 3 N–H and O–H groups in total. The average molecular weight is 228 g/mol. The number of H-pyrrole nitrogens is 1. The molecule has 2 rings (SSSR count). The van der Waals surface area contributed by atoms with Crippen molar-refractivity contribution in [3.8, 4) is 0 Å². The molecule has 0 amide bonds. The number of benzene rings is 1. The third-order valence-corrected chi connectivity index (χ3v) is 2.38. The van der Waals surface area contributed by atoms with Gasteiger partial charge in [-0.3, -0.25) is 0 Å². The molecule has 2 aromatic rings. The third kappa shape index (κ3) is 1.38. The number of aryl methyl sites for hydroxylation is 1. The maximum Gasteiger partial charge on any atom is 0.0598 e. The quantitative estimate of drug-likeness (QED) is 0.719. The molecule has 2 nitrogen and oxygen atoms in total. The van der Waals surface area contributed by atoms with Crippen molar-refractivity contribution in [2.75, 3.05) is 0 Å². The van der Waals surface area contributed by atoms with Crippen LogP contribution in [0, 0.1) is 6.92 Å². The van der Waals surface area contributed by atoms with Crippen LogP contribution in [0.2, 0.25) is 0 Å². The van der Waals surface area contributed by atoms with Crippen molar-refractivity contribution in [3.05, 3.63) is 34.4 Å². The number of hydrogen-bond acceptors (Lipinski definition) is 0. The monoisotopic (exact) mass is 227 g/mol. The molecule has 1 heterocycles. The van der Waals surface area contributed by atoms with E-state index in [4.69, 9.17) is 0 Å². The number of rotatable bonds is 0. The van der Waals surface area contributed by atoms with Crippen molar-refractivity contribution in [2.45, 2.75) is 6.92 Å². The maximum absolute atomic E-state index is 3.50. The molecular weight excluding hydrogens is 218 g/mol. The van der Waals surface area contributed by atoms with E-state index in [1.165, 1.54) is 16.5 Å². The predicted octanol–water partition coefficient (Wildman–Crippen LogP) is 2.41. The summed E-state index contributed by atoms with van der Waals surface area (Å²) in [6.45, 7) is 2.09. The number of halogens is 1. The summed E-state index contributed by atoms with van der Waals surface area (Å²) in [4.78, 5) is 3.17. The smallest absolute Gasteiger partial charge is 0.0598 e. The molecule has 0 spiro atoms. The largest absolute Gasteiger partial charge is 0.412 e. The van der Waals surface area contributed by atoms with Crippen LogP contribution in [0.15, 0.2) is 28.9 Å². The molecule has 0 aliphatic heterocycles. The van der Waals surface area contributed by atoms with Crippen molar-refractivity contribution in [1.29, 1.82) is 0 Å². The van der Waals surface area contributed by atoms with E-state index in [0.29, 0.717) is 0 Å². The number of aromatic amines is 1. The fourth-order valence-electron chi connectivity index (χ4n) is 1.27. The summed E-state index contributed by atoms with van der Waals surface area (Å²) in [6.07, 6.45) is 1.95. The molecule has 12 heavy (non-hydrogen) atoms. The van der Waals surface area contributed by atoms with E-state index in [1.807, 2.05) is 6.20 Å². The van der Waals surface area contributed by atoms with Gasteiger partial charge >= 0.3 is 0 Å². The van der Waals surface area contributed by atoms with Gasteiger partial charge < -0.3 is 10.5 Å². The molecule has 0 aliphatic rings. The summed E-state index contributed by atoms with van der Waals surface area (Å²) >= 11 is 3.50. The average Bonchev–Trinajstić information content (AvgIpc) is 2.34. The minimum absolute atomic E-state index is 0. The normalized spacial score (nSPS) is 9.83. The van der Waals surface area contributed by atoms with Crippen molar-refractivity contribution < 1.29 is 5.48 Å². The molecule has 0 saturated carbocycles. The van der Waals surface area contributed by atoms with Crippen LogP contribution < -0.4 is 0 Å². The van der Waals surface area contributed by atoms with E-state index < -0.39 is 0 Å². The SMILES string of the molecule is Cc1cc(Br)c2[nH]ccc2c1.O. The lowest BCUT2D eigenvalue weighted by Gasteiger charge is -1.96. The number of nitrogens with one attached hydrogen (secondary N) is 1. The van der Waals surface area contributed by atoms with Crippen molar-refractivity contribution in [1.82, 2.24) is 4.98 Å². The highest BCUT2D eigenvalue weighted by Crippen LogP contribution is 2.23. The Hall–Kier alpha value is -0.800. The first-order chi connectivity index (χ1) is 5.27. The first kappa shape index (κ1) is 9.29. The number of hydrogen-bond donors (Lipinski definition) is 1. The van der Waals surface area contributed by atoms with Gasteiger partial charge in [-0.05, 0) is 46.6 Å². The zero-order valence-electron chi connectivity index (χ0n) is 6.69. The Labute approximate surface area is 79.0 Å². The van der Waals surface area contributed by atoms with Crippen LogP contribution in [0.4, 0.5) is 0 Å². The van der Waals surface area contributed by atoms with Crippen LogP contribution in [0.25, 0.3) is 10.9 Å². The summed E-state index contributed by atoms with van der Waals surface area (Å²) in [7, 11) is 0. The standard InChI is InChI=1S/C9H8BrN.H2O/c1-6-4-7-2-3-11-9(7)8(10)5-6;/h2-5,11H,1H3;1H2. The van der Waals surface area contributed by atoms with Crippen LogP contribution in [-0.2, 0) is 0 Å². The Morgan fingerprint density at radius 2 is 2.08 bits per heavy atom. The van der Waals surface area contributed by atoms with Gasteiger partial charge in [-0.2, -0.15) is 0 Å². The molecule has 0 bridgehead atoms. The highest BCUT2D eigenvalue weighted by Gasteiger charge is 1.98. The van der Waals surface area contributed by atoms with E-state index in [2.05, 4.69) is 46.0 Å². The molecule has 3 heteroatoms. The Kier molecular flexibility index (Phi) is 2.55. The van der Waals surface area contributed by atoms with Gasteiger partial charge in [-0.15, -0.1) is 0 Å². The fraction of sp³-hybridized carbons (Fsp3) is 0.111. The van der Waals surface area contributed by atoms with E-state index >= 15 is 0 Å². The van der Waals surface area contributed by atoms with Crippen LogP contribution in [0.1, 0.15) is 5.56 Å². The number of aromatic nitrogens is 1. The molecule has 0 atom stereocenters. The summed E-state index contributed by atoms with van der Waals surface area (Å²) in [5.74, 6) is 0. The van der Waals surface area contributed by atoms with E-state index in [9.17, 15) is 0 Å². The second-order valence-electron chi connectivity index (χ2n) is 2.69. The Bertz CT molecular complexity index is 394. The summed E-state index contributed by atoms with van der Waals surface area (Å²) in [5, 5.41) is 1.26. The first-order valence-electron chi connectivity index (χ1n) is 3.50. The van der Waals surface area contributed by atoms with Crippen molar-refractivity contribution >= 4 is 26.8 Å². The summed E-state index contributed by atoms with van der Waals surface area (Å²) < 4.78 is 1.14. The van der Waals surface area contributed by atoms with Gasteiger partial charge in [0.05, 0.1) is 5.52 Å². The molecule has 0 unspecified atom stereocenters. The van der Waals surface area contributed by atoms with Crippen molar-refractivity contribution in [3.63, 3.8) is 0 Å². The Morgan fingerprint density at radius 1 is 1.33 bits per heavy atom. The highest BCUT2D eigenvalue weighted by atomic mass is 79.9. The highest BCUT2D eigenvalue weighted by molar-refractivity contribution is 9.10. The molecule has 64 valence electrons. The molecule has 0 saturated heterocycles. The maximum atomic E-state index is 3.50. The first-order valence-corrected chi connectivity index (χ1v) is 4.30. The lowest BCUT2D eigenvalue weighted by atomic mass is 10.2. The van der Waals surface area contributed by atoms with E-state index in [1.54, 1.807) is 0 Å². The molecule has 0 radical (unpaired) electrons. The Balaban J connectivity index is 0.000000720. The van der Waals surface area contributed by atoms with Gasteiger partial charge in [-0.25, -0.2) is 0 Å². The van der Waals surface area contributed by atoms with Gasteiger partial charge in [0, 0.05) is 16.1 Å². The lowest BCUT2D eigenvalue weighted by molar-refractivity contribution is 0.824. The van der Waals surface area contributed by atoms with Gasteiger partial charge in [0.2, 0.25) is 0 Å². The minimum Gasteiger partial charge on any atom is -0.412 e. The van der Waals surface area contributed by atoms with Gasteiger partial charge in [0.15, 0.2) is 0 Å². The van der Waals surface area contributed by atoms with Crippen LogP contribution in [0.5, 0.6) is 0 Å². The topological polar surface area (TPSA) is 47.3 Å². The fourth-order valence-corrected chi connectivity index (χ4v) is 1.97. The zero-order valence-corrected chi connectivity index (χ0v) is 8.27. The van der Waals surface area contributed by atoms with Crippen LogP contribution in [0.3, 0.4) is 0 Å². The lowest BCUT2D eigenvalue weighted by Crippen LogP contribution is -1.74. The van der Waals surface area contributed by atoms with Crippen LogP contribution in [-0.4, -0.2) is 10.5 Å². The molecular formula is C9H10BrNO. The third-order valence-electron chi connectivity index (χ3n) is 1.76. The summed E-state index contributed by atoms with van der Waals surface area (Å²) in [5.41, 5.74) is 2.46. The van der Waals surface area contributed by atoms with E-state index in [0.717, 1.165) is 4.47 Å². The molecule has 0 aliphatic carbocycles. The molecule has 1 aromatic carbocycles. The zero-order chi connectivity index (χ0) is 7.84. The molecule has 0 fully saturated rings. The van der Waals surface area contributed by atoms with Gasteiger partial charge in [-0.1, -0.05) is 0 Å². The second-order valence-corrected chi connectivity index (χ2v) is 3.54. The second kappa shape index (κ2) is 3.29. The molecule has 1 aromatic heterocycles.